The first-order valence-electron chi connectivity index (χ1n) is 6.37. The van der Waals surface area contributed by atoms with Gasteiger partial charge in [-0.15, -0.1) is 0 Å². The molecule has 0 bridgehead atoms. The van der Waals surface area contributed by atoms with Crippen LogP contribution in [-0.4, -0.2) is 55.5 Å². The number of aryl methyl sites for hydroxylation is 1. The Labute approximate surface area is 108 Å². The topological polar surface area (TPSA) is 48.7 Å². The van der Waals surface area contributed by atoms with Crippen molar-refractivity contribution in [1.29, 1.82) is 0 Å². The summed E-state index contributed by atoms with van der Waals surface area (Å²) in [7, 11) is 1.84. The number of piperazine rings is 1. The Bertz CT molecular complexity index is 397. The highest BCUT2D eigenvalue weighted by atomic mass is 16.3. The Balaban J connectivity index is 1.83. The molecular weight excluding hydrogens is 230 g/mol. The predicted octanol–water partition coefficient (Wildman–Crippen LogP) is 0.452. The molecule has 0 atom stereocenters. The van der Waals surface area contributed by atoms with Gasteiger partial charge in [0.25, 0.3) is 0 Å². The van der Waals surface area contributed by atoms with E-state index in [1.807, 2.05) is 20.0 Å². The van der Waals surface area contributed by atoms with E-state index in [0.29, 0.717) is 13.1 Å². The van der Waals surface area contributed by atoms with E-state index in [1.165, 1.54) is 0 Å². The molecule has 0 unspecified atom stereocenters. The van der Waals surface area contributed by atoms with Crippen LogP contribution in [0.5, 0.6) is 0 Å². The second kappa shape index (κ2) is 6.02. The standard InChI is InChI=1S/C13H21N3O2/c1-11-12(3-8-18-11)9-15(2)13(17)10-16-6-4-14-5-7-16/h3,8,14H,4-7,9-10H2,1-2H3. The van der Waals surface area contributed by atoms with Gasteiger partial charge in [-0.3, -0.25) is 9.69 Å². The molecule has 0 aliphatic carbocycles. The van der Waals surface area contributed by atoms with Gasteiger partial charge in [-0.25, -0.2) is 0 Å². The first kappa shape index (κ1) is 13.1. The minimum atomic E-state index is 0.164. The zero-order chi connectivity index (χ0) is 13.0. The fourth-order valence-electron chi connectivity index (χ4n) is 2.10. The average molecular weight is 251 g/mol. The van der Waals surface area contributed by atoms with Gasteiger partial charge in [0.2, 0.25) is 5.91 Å². The van der Waals surface area contributed by atoms with Crippen LogP contribution in [0.2, 0.25) is 0 Å². The predicted molar refractivity (Wildman–Crippen MR) is 69.2 cm³/mol. The molecule has 1 amide bonds. The fourth-order valence-corrected chi connectivity index (χ4v) is 2.10. The molecule has 1 aliphatic rings. The maximum absolute atomic E-state index is 12.1. The van der Waals surface area contributed by atoms with Crippen LogP contribution in [0.4, 0.5) is 0 Å². The highest BCUT2D eigenvalue weighted by molar-refractivity contribution is 5.78. The third-order valence-electron chi connectivity index (χ3n) is 3.37. The molecule has 1 aromatic heterocycles. The SMILES string of the molecule is Cc1occc1CN(C)C(=O)CN1CCNCC1. The zero-order valence-electron chi connectivity index (χ0n) is 11.1. The van der Waals surface area contributed by atoms with E-state index in [4.69, 9.17) is 4.42 Å². The van der Waals surface area contributed by atoms with Crippen molar-refractivity contribution in [2.24, 2.45) is 0 Å². The lowest BCUT2D eigenvalue weighted by Gasteiger charge is -2.28. The van der Waals surface area contributed by atoms with E-state index in [-0.39, 0.29) is 5.91 Å². The lowest BCUT2D eigenvalue weighted by atomic mass is 10.2. The average Bonchev–Trinajstić information content (AvgIpc) is 2.76. The van der Waals surface area contributed by atoms with Gasteiger partial charge in [0.1, 0.15) is 5.76 Å². The molecular formula is C13H21N3O2. The first-order chi connectivity index (χ1) is 8.66. The van der Waals surface area contributed by atoms with E-state index in [9.17, 15) is 4.79 Å². The van der Waals surface area contributed by atoms with Crippen molar-refractivity contribution in [2.75, 3.05) is 39.8 Å². The molecule has 1 saturated heterocycles. The number of nitrogens with one attached hydrogen (secondary N) is 1. The third-order valence-corrected chi connectivity index (χ3v) is 3.37. The van der Waals surface area contributed by atoms with Crippen molar-refractivity contribution in [3.63, 3.8) is 0 Å². The van der Waals surface area contributed by atoms with Crippen LogP contribution >= 0.6 is 0 Å². The first-order valence-corrected chi connectivity index (χ1v) is 6.37. The van der Waals surface area contributed by atoms with Crippen LogP contribution in [0.15, 0.2) is 16.7 Å². The third kappa shape index (κ3) is 3.34. The van der Waals surface area contributed by atoms with Crippen LogP contribution in [0.3, 0.4) is 0 Å². The van der Waals surface area contributed by atoms with Crippen LogP contribution in [0.1, 0.15) is 11.3 Å². The lowest BCUT2D eigenvalue weighted by Crippen LogP contribution is -2.47. The fraction of sp³-hybridized carbons (Fsp3) is 0.615. The van der Waals surface area contributed by atoms with Crippen molar-refractivity contribution < 1.29 is 9.21 Å². The van der Waals surface area contributed by atoms with Crippen LogP contribution < -0.4 is 5.32 Å². The summed E-state index contributed by atoms with van der Waals surface area (Å²) in [6, 6.07) is 1.92. The zero-order valence-corrected chi connectivity index (χ0v) is 11.1. The monoisotopic (exact) mass is 251 g/mol. The Morgan fingerprint density at radius 1 is 1.50 bits per heavy atom. The number of carbonyl (C=O) groups excluding carboxylic acids is 1. The molecule has 100 valence electrons. The Hall–Kier alpha value is -1.33. The highest BCUT2D eigenvalue weighted by Crippen LogP contribution is 2.11. The van der Waals surface area contributed by atoms with Crippen LogP contribution in [0.25, 0.3) is 0 Å². The molecule has 0 radical (unpaired) electrons. The normalized spacial score (nSPS) is 16.8. The molecule has 2 heterocycles. The second-order valence-corrected chi connectivity index (χ2v) is 4.78. The molecule has 2 rings (SSSR count). The molecule has 18 heavy (non-hydrogen) atoms. The van der Waals surface area contributed by atoms with Gasteiger partial charge in [-0.2, -0.15) is 0 Å². The van der Waals surface area contributed by atoms with E-state index in [2.05, 4.69) is 10.2 Å². The Morgan fingerprint density at radius 2 is 2.22 bits per heavy atom. The van der Waals surface area contributed by atoms with Crippen LogP contribution in [0, 0.1) is 6.92 Å². The van der Waals surface area contributed by atoms with Crippen molar-refractivity contribution >= 4 is 5.91 Å². The van der Waals surface area contributed by atoms with Gasteiger partial charge in [-0.05, 0) is 13.0 Å². The summed E-state index contributed by atoms with van der Waals surface area (Å²) in [6.07, 6.45) is 1.67. The molecule has 0 saturated carbocycles. The van der Waals surface area contributed by atoms with Gasteiger partial charge in [0.15, 0.2) is 0 Å². The number of furan rings is 1. The highest BCUT2D eigenvalue weighted by Gasteiger charge is 2.17. The summed E-state index contributed by atoms with van der Waals surface area (Å²) in [5, 5.41) is 3.28. The van der Waals surface area contributed by atoms with Crippen LogP contribution in [-0.2, 0) is 11.3 Å². The number of hydrogen-bond donors (Lipinski definition) is 1. The van der Waals surface area contributed by atoms with Gasteiger partial charge >= 0.3 is 0 Å². The number of rotatable bonds is 4. The van der Waals surface area contributed by atoms with Crippen molar-refractivity contribution in [3.8, 4) is 0 Å². The summed E-state index contributed by atoms with van der Waals surface area (Å²) in [6.45, 7) is 6.89. The van der Waals surface area contributed by atoms with E-state index in [1.54, 1.807) is 11.2 Å². The minimum Gasteiger partial charge on any atom is -0.469 e. The summed E-state index contributed by atoms with van der Waals surface area (Å²) >= 11 is 0. The lowest BCUT2D eigenvalue weighted by molar-refractivity contribution is -0.131. The molecule has 1 aliphatic heterocycles. The molecule has 5 nitrogen and oxygen atoms in total. The van der Waals surface area contributed by atoms with Gasteiger partial charge < -0.3 is 14.6 Å². The summed E-state index contributed by atoms with van der Waals surface area (Å²) in [5.74, 6) is 1.05. The van der Waals surface area contributed by atoms with Gasteiger partial charge in [0, 0.05) is 45.3 Å². The maximum atomic E-state index is 12.1. The largest absolute Gasteiger partial charge is 0.469 e. The number of hydrogen-bond acceptors (Lipinski definition) is 4. The summed E-state index contributed by atoms with van der Waals surface area (Å²) < 4.78 is 5.24. The Morgan fingerprint density at radius 3 is 2.83 bits per heavy atom. The van der Waals surface area contributed by atoms with E-state index >= 15 is 0 Å². The molecule has 1 fully saturated rings. The summed E-state index contributed by atoms with van der Waals surface area (Å²) in [4.78, 5) is 16.0. The second-order valence-electron chi connectivity index (χ2n) is 4.78. The van der Waals surface area contributed by atoms with Crippen molar-refractivity contribution in [1.82, 2.24) is 15.1 Å². The van der Waals surface area contributed by atoms with E-state index in [0.717, 1.165) is 37.5 Å². The number of likely N-dealkylation sites (N-methyl/N-ethyl adjacent to an activating group) is 1. The quantitative estimate of drug-likeness (QED) is 0.844. The molecule has 1 N–H and O–H groups in total. The van der Waals surface area contributed by atoms with Gasteiger partial charge in [0.05, 0.1) is 12.8 Å². The number of carbonyl (C=O) groups is 1. The van der Waals surface area contributed by atoms with E-state index < -0.39 is 0 Å². The maximum Gasteiger partial charge on any atom is 0.236 e. The Kier molecular flexibility index (Phi) is 4.38. The van der Waals surface area contributed by atoms with Crippen molar-refractivity contribution in [3.05, 3.63) is 23.7 Å². The van der Waals surface area contributed by atoms with Gasteiger partial charge in [-0.1, -0.05) is 0 Å². The smallest absolute Gasteiger partial charge is 0.236 e. The minimum absolute atomic E-state index is 0.164. The molecule has 1 aromatic rings. The number of nitrogens with zero attached hydrogens (tertiary/aromatic N) is 2. The molecule has 0 spiro atoms. The molecule has 0 aromatic carbocycles. The summed E-state index contributed by atoms with van der Waals surface area (Å²) in [5.41, 5.74) is 1.08. The number of amides is 1. The molecule has 5 heteroatoms. The van der Waals surface area contributed by atoms with Crippen molar-refractivity contribution in [2.45, 2.75) is 13.5 Å².